The molecule has 34 heavy (non-hydrogen) atoms. The van der Waals surface area contributed by atoms with Crippen molar-refractivity contribution < 1.29 is 4.79 Å². The van der Waals surface area contributed by atoms with Crippen molar-refractivity contribution in [1.29, 1.82) is 0 Å². The molecule has 2 aromatic carbocycles. The fraction of sp³-hybridized carbons (Fsp3) is 0.231. The Hall–Kier alpha value is -4.04. The number of carbonyl (C=O) groups excluding carboxylic acids is 1. The van der Waals surface area contributed by atoms with Gasteiger partial charge in [-0.25, -0.2) is 4.98 Å². The molecule has 2 N–H and O–H groups in total. The lowest BCUT2D eigenvalue weighted by molar-refractivity contribution is 0.102. The van der Waals surface area contributed by atoms with Crippen LogP contribution >= 0.6 is 0 Å². The van der Waals surface area contributed by atoms with Gasteiger partial charge >= 0.3 is 0 Å². The highest BCUT2D eigenvalue weighted by molar-refractivity contribution is 6.04. The normalized spacial score (nSPS) is 14.2. The second-order valence-corrected chi connectivity index (χ2v) is 8.42. The van der Waals surface area contributed by atoms with Gasteiger partial charge in [-0.1, -0.05) is 24.3 Å². The fourth-order valence-electron chi connectivity index (χ4n) is 3.95. The molecule has 0 bridgehead atoms. The average molecular weight is 454 g/mol. The molecule has 8 nitrogen and oxygen atoms in total. The monoisotopic (exact) mass is 453 g/mol. The highest BCUT2D eigenvalue weighted by atomic mass is 16.1. The van der Waals surface area contributed by atoms with E-state index in [2.05, 4.69) is 32.5 Å². The van der Waals surface area contributed by atoms with Crippen molar-refractivity contribution in [3.8, 4) is 0 Å². The van der Waals surface area contributed by atoms with Crippen LogP contribution in [0, 0.1) is 0 Å². The van der Waals surface area contributed by atoms with E-state index in [1.165, 1.54) is 0 Å². The van der Waals surface area contributed by atoms with Crippen LogP contribution in [-0.4, -0.2) is 59.0 Å². The van der Waals surface area contributed by atoms with E-state index in [1.807, 2.05) is 48.5 Å². The number of fused-ring (bicyclic) bond motifs is 1. The molecule has 1 fully saturated rings. The summed E-state index contributed by atoms with van der Waals surface area (Å²) >= 11 is 0. The fourth-order valence-corrected chi connectivity index (χ4v) is 3.95. The van der Waals surface area contributed by atoms with Gasteiger partial charge in [0.05, 0.1) is 5.52 Å². The van der Waals surface area contributed by atoms with Gasteiger partial charge in [-0.2, -0.15) is 4.98 Å². The van der Waals surface area contributed by atoms with Gasteiger partial charge in [0.1, 0.15) is 5.82 Å². The van der Waals surface area contributed by atoms with E-state index < -0.39 is 0 Å². The largest absolute Gasteiger partial charge is 0.365 e. The molecule has 0 atom stereocenters. The third-order valence-corrected chi connectivity index (χ3v) is 5.99. The first-order valence-electron chi connectivity index (χ1n) is 11.4. The molecule has 3 heterocycles. The van der Waals surface area contributed by atoms with Crippen LogP contribution in [0.15, 0.2) is 73.1 Å². The summed E-state index contributed by atoms with van der Waals surface area (Å²) in [5.41, 5.74) is 3.34. The number of pyridine rings is 1. The number of anilines is 3. The van der Waals surface area contributed by atoms with Crippen LogP contribution < -0.4 is 15.5 Å². The van der Waals surface area contributed by atoms with Crippen LogP contribution in [0.1, 0.15) is 15.9 Å². The summed E-state index contributed by atoms with van der Waals surface area (Å²) in [6.45, 7) is 4.45. The molecule has 1 aliphatic rings. The van der Waals surface area contributed by atoms with Crippen LogP contribution in [0.5, 0.6) is 0 Å². The molecular weight excluding hydrogens is 426 g/mol. The summed E-state index contributed by atoms with van der Waals surface area (Å²) in [5, 5.41) is 7.41. The second-order valence-electron chi connectivity index (χ2n) is 8.42. The van der Waals surface area contributed by atoms with Gasteiger partial charge in [-0.3, -0.25) is 9.78 Å². The molecule has 5 rings (SSSR count). The van der Waals surface area contributed by atoms with Crippen LogP contribution in [0.4, 0.5) is 17.5 Å². The molecule has 8 heteroatoms. The number of carbonyl (C=O) groups is 1. The highest BCUT2D eigenvalue weighted by Gasteiger charge is 2.18. The Morgan fingerprint density at radius 2 is 1.65 bits per heavy atom. The zero-order valence-corrected chi connectivity index (χ0v) is 19.1. The van der Waals surface area contributed by atoms with Gasteiger partial charge in [0, 0.05) is 61.8 Å². The first-order valence-corrected chi connectivity index (χ1v) is 11.4. The Balaban J connectivity index is 1.29. The molecule has 0 aliphatic carbocycles. The number of rotatable bonds is 6. The number of piperazine rings is 1. The summed E-state index contributed by atoms with van der Waals surface area (Å²) < 4.78 is 0. The quantitative estimate of drug-likeness (QED) is 0.461. The molecule has 1 saturated heterocycles. The summed E-state index contributed by atoms with van der Waals surface area (Å²) in [6.07, 6.45) is 3.21. The van der Waals surface area contributed by atoms with Crippen molar-refractivity contribution >= 4 is 34.3 Å². The van der Waals surface area contributed by atoms with Gasteiger partial charge in [0.15, 0.2) is 0 Å². The maximum atomic E-state index is 12.3. The van der Waals surface area contributed by atoms with Crippen molar-refractivity contribution in [2.75, 3.05) is 48.8 Å². The van der Waals surface area contributed by atoms with E-state index in [0.29, 0.717) is 12.1 Å². The molecule has 2 aromatic heterocycles. The molecule has 0 spiro atoms. The van der Waals surface area contributed by atoms with Gasteiger partial charge in [-0.05, 0) is 49.0 Å². The third kappa shape index (κ3) is 4.97. The van der Waals surface area contributed by atoms with Crippen molar-refractivity contribution in [3.63, 3.8) is 0 Å². The van der Waals surface area contributed by atoms with E-state index in [9.17, 15) is 4.79 Å². The molecule has 0 saturated carbocycles. The van der Waals surface area contributed by atoms with E-state index >= 15 is 0 Å². The number of hydrogen-bond acceptors (Lipinski definition) is 7. The smallest absolute Gasteiger partial charge is 0.255 e. The maximum Gasteiger partial charge on any atom is 0.255 e. The summed E-state index contributed by atoms with van der Waals surface area (Å²) in [7, 11) is 2.14. The number of likely N-dealkylation sites (N-methyl/N-ethyl adjacent to an activating group) is 1. The number of amides is 1. The summed E-state index contributed by atoms with van der Waals surface area (Å²) in [5.74, 6) is 1.44. The number of nitrogens with one attached hydrogen (secondary N) is 2. The molecule has 0 unspecified atom stereocenters. The zero-order valence-electron chi connectivity index (χ0n) is 19.1. The Morgan fingerprint density at radius 3 is 2.41 bits per heavy atom. The predicted octanol–water partition coefficient (Wildman–Crippen LogP) is 3.64. The van der Waals surface area contributed by atoms with Gasteiger partial charge in [0.2, 0.25) is 5.95 Å². The van der Waals surface area contributed by atoms with Crippen LogP contribution in [0.3, 0.4) is 0 Å². The molecule has 4 aromatic rings. The molecule has 0 radical (unpaired) electrons. The van der Waals surface area contributed by atoms with Crippen molar-refractivity contribution in [2.24, 2.45) is 0 Å². The van der Waals surface area contributed by atoms with Gasteiger partial charge < -0.3 is 20.4 Å². The van der Waals surface area contributed by atoms with E-state index in [-0.39, 0.29) is 5.91 Å². The summed E-state index contributed by atoms with van der Waals surface area (Å²) in [6, 6.07) is 19.3. The number of hydrogen-bond donors (Lipinski definition) is 2. The zero-order chi connectivity index (χ0) is 23.3. The predicted molar refractivity (Wildman–Crippen MR) is 135 cm³/mol. The Morgan fingerprint density at radius 1 is 0.912 bits per heavy atom. The number of benzene rings is 2. The summed E-state index contributed by atoms with van der Waals surface area (Å²) in [4.78, 5) is 30.5. The first kappa shape index (κ1) is 21.8. The molecule has 1 aliphatic heterocycles. The van der Waals surface area contributed by atoms with Gasteiger partial charge in [0.25, 0.3) is 5.91 Å². The van der Waals surface area contributed by atoms with Crippen LogP contribution in [-0.2, 0) is 6.54 Å². The second kappa shape index (κ2) is 9.84. The molecule has 172 valence electrons. The molecule has 1 amide bonds. The number of aromatic nitrogens is 3. The van der Waals surface area contributed by atoms with E-state index in [1.54, 1.807) is 24.5 Å². The lowest BCUT2D eigenvalue weighted by Crippen LogP contribution is -2.45. The van der Waals surface area contributed by atoms with E-state index in [0.717, 1.165) is 60.1 Å². The SMILES string of the molecule is CN1CCN(c2nc(NCc3ccc(NC(=O)c4ccncc4)cc3)c3ccccc3n2)CC1. The Labute approximate surface area is 198 Å². The molecular formula is C26H27N7O. The van der Waals surface area contributed by atoms with E-state index in [4.69, 9.17) is 9.97 Å². The topological polar surface area (TPSA) is 86.3 Å². The van der Waals surface area contributed by atoms with Crippen LogP contribution in [0.2, 0.25) is 0 Å². The van der Waals surface area contributed by atoms with Crippen LogP contribution in [0.25, 0.3) is 10.9 Å². The number of para-hydroxylation sites is 1. The first-order chi connectivity index (χ1) is 16.7. The van der Waals surface area contributed by atoms with Crippen molar-refractivity contribution in [2.45, 2.75) is 6.54 Å². The third-order valence-electron chi connectivity index (χ3n) is 5.99. The van der Waals surface area contributed by atoms with Gasteiger partial charge in [-0.15, -0.1) is 0 Å². The number of nitrogens with zero attached hydrogens (tertiary/aromatic N) is 5. The average Bonchev–Trinajstić information content (AvgIpc) is 2.89. The minimum atomic E-state index is -0.155. The van der Waals surface area contributed by atoms with Crippen molar-refractivity contribution in [3.05, 3.63) is 84.2 Å². The standard InChI is InChI=1S/C26H27N7O/c1-32-14-16-33(17-15-32)26-30-23-5-3-2-4-22(23)24(31-26)28-18-19-6-8-21(9-7-19)29-25(34)20-10-12-27-13-11-20/h2-13H,14-18H2,1H3,(H,29,34)(H,28,30,31). The highest BCUT2D eigenvalue weighted by Crippen LogP contribution is 2.25. The Kier molecular flexibility index (Phi) is 6.31. The van der Waals surface area contributed by atoms with Crippen molar-refractivity contribution in [1.82, 2.24) is 19.9 Å². The lowest BCUT2D eigenvalue weighted by atomic mass is 10.2. The minimum Gasteiger partial charge on any atom is -0.365 e. The lowest BCUT2D eigenvalue weighted by Gasteiger charge is -2.32. The minimum absolute atomic E-state index is 0.155. The Bertz CT molecular complexity index is 1270. The maximum absolute atomic E-state index is 12.3.